The zero-order chi connectivity index (χ0) is 21.0. The lowest BCUT2D eigenvalue weighted by molar-refractivity contribution is 0.102. The van der Waals surface area contributed by atoms with Crippen LogP contribution in [0.15, 0.2) is 47.4 Å². The SMILES string of the molecule is CCN(CC)S(=O)(=O)c1cc(NC(=O)c2ccc(C3SCCS3)cc2)ccc1C. The highest BCUT2D eigenvalue weighted by molar-refractivity contribution is 8.19. The first-order valence-corrected chi connectivity index (χ1v) is 13.2. The molecule has 0 bridgehead atoms. The molecule has 0 spiro atoms. The minimum atomic E-state index is -3.59. The lowest BCUT2D eigenvalue weighted by Crippen LogP contribution is -2.31. The van der Waals surface area contributed by atoms with E-state index < -0.39 is 10.0 Å². The van der Waals surface area contributed by atoms with Gasteiger partial charge in [0.2, 0.25) is 10.0 Å². The van der Waals surface area contributed by atoms with Crippen LogP contribution in [0.4, 0.5) is 5.69 Å². The molecule has 1 N–H and O–H groups in total. The van der Waals surface area contributed by atoms with Gasteiger partial charge >= 0.3 is 0 Å². The van der Waals surface area contributed by atoms with Crippen molar-refractivity contribution in [1.82, 2.24) is 4.31 Å². The van der Waals surface area contributed by atoms with Crippen LogP contribution in [0.1, 0.15) is 39.9 Å². The maximum atomic E-state index is 12.9. The molecule has 5 nitrogen and oxygen atoms in total. The van der Waals surface area contributed by atoms with E-state index in [0.29, 0.717) is 34.5 Å². The third-order valence-electron chi connectivity index (χ3n) is 4.84. The van der Waals surface area contributed by atoms with Crippen molar-refractivity contribution < 1.29 is 13.2 Å². The number of hydrogen-bond acceptors (Lipinski definition) is 5. The van der Waals surface area contributed by atoms with Crippen LogP contribution in [0.25, 0.3) is 0 Å². The minimum absolute atomic E-state index is 0.227. The van der Waals surface area contributed by atoms with E-state index >= 15 is 0 Å². The Bertz CT molecular complexity index is 965. The summed E-state index contributed by atoms with van der Waals surface area (Å²) < 4.78 is 27.6. The smallest absolute Gasteiger partial charge is 0.255 e. The van der Waals surface area contributed by atoms with Crippen LogP contribution in [0, 0.1) is 6.92 Å². The van der Waals surface area contributed by atoms with Gasteiger partial charge in [0, 0.05) is 35.8 Å². The number of anilines is 1. The van der Waals surface area contributed by atoms with Crippen molar-refractivity contribution in [2.24, 2.45) is 0 Å². The number of hydrogen-bond donors (Lipinski definition) is 1. The maximum Gasteiger partial charge on any atom is 0.255 e. The van der Waals surface area contributed by atoms with Gasteiger partial charge in [0.15, 0.2) is 0 Å². The van der Waals surface area contributed by atoms with E-state index in [9.17, 15) is 13.2 Å². The Kier molecular flexibility index (Phi) is 7.32. The fraction of sp³-hybridized carbons (Fsp3) is 0.381. The standard InChI is InChI=1S/C21H26N2O3S3/c1-4-23(5-2)29(25,26)19-14-18(11-6-15(19)3)22-20(24)16-7-9-17(10-8-16)21-27-12-13-28-21/h6-11,14,21H,4-5,12-13H2,1-3H3,(H,22,24). The van der Waals surface area contributed by atoms with Crippen molar-refractivity contribution in [3.63, 3.8) is 0 Å². The van der Waals surface area contributed by atoms with Gasteiger partial charge in [0.25, 0.3) is 5.91 Å². The summed E-state index contributed by atoms with van der Waals surface area (Å²) in [5.74, 6) is 2.06. The summed E-state index contributed by atoms with van der Waals surface area (Å²) in [6, 6.07) is 12.6. The van der Waals surface area contributed by atoms with Gasteiger partial charge in [-0.05, 0) is 42.3 Å². The van der Waals surface area contributed by atoms with Crippen LogP contribution < -0.4 is 5.32 Å². The molecule has 2 aromatic rings. The summed E-state index contributed by atoms with van der Waals surface area (Å²) in [6.07, 6.45) is 0. The second-order valence-corrected chi connectivity index (χ2v) is 11.3. The molecule has 2 aromatic carbocycles. The second-order valence-electron chi connectivity index (χ2n) is 6.72. The molecule has 8 heteroatoms. The zero-order valence-electron chi connectivity index (χ0n) is 16.8. The van der Waals surface area contributed by atoms with E-state index in [1.165, 1.54) is 9.87 Å². The highest BCUT2D eigenvalue weighted by atomic mass is 32.2. The van der Waals surface area contributed by atoms with Crippen LogP contribution in [0.3, 0.4) is 0 Å². The third kappa shape index (κ3) is 4.99. The number of aryl methyl sites for hydroxylation is 1. The number of nitrogens with one attached hydrogen (secondary N) is 1. The van der Waals surface area contributed by atoms with Crippen molar-refractivity contribution in [2.75, 3.05) is 29.9 Å². The number of carbonyl (C=O) groups is 1. The van der Waals surface area contributed by atoms with Gasteiger partial charge in [-0.3, -0.25) is 4.79 Å². The molecule has 0 aromatic heterocycles. The first-order chi connectivity index (χ1) is 13.9. The van der Waals surface area contributed by atoms with E-state index in [4.69, 9.17) is 0 Å². The molecule has 156 valence electrons. The monoisotopic (exact) mass is 450 g/mol. The first-order valence-electron chi connectivity index (χ1n) is 9.62. The summed E-state index contributed by atoms with van der Waals surface area (Å²) in [5, 5.41) is 2.83. The van der Waals surface area contributed by atoms with Crippen molar-refractivity contribution >= 4 is 45.1 Å². The molecule has 1 fully saturated rings. The normalized spacial score (nSPS) is 15.0. The molecule has 1 saturated heterocycles. The van der Waals surface area contributed by atoms with E-state index in [-0.39, 0.29) is 10.8 Å². The van der Waals surface area contributed by atoms with Crippen LogP contribution in [-0.4, -0.2) is 43.2 Å². The van der Waals surface area contributed by atoms with Gasteiger partial charge < -0.3 is 5.32 Å². The Morgan fingerprint density at radius 1 is 1.07 bits per heavy atom. The largest absolute Gasteiger partial charge is 0.322 e. The minimum Gasteiger partial charge on any atom is -0.322 e. The van der Waals surface area contributed by atoms with Crippen LogP contribution in [0.2, 0.25) is 0 Å². The molecule has 1 heterocycles. The van der Waals surface area contributed by atoms with E-state index in [1.54, 1.807) is 25.1 Å². The highest BCUT2D eigenvalue weighted by Crippen LogP contribution is 2.45. The fourth-order valence-electron chi connectivity index (χ4n) is 3.20. The average Bonchev–Trinajstić information content (AvgIpc) is 3.25. The summed E-state index contributed by atoms with van der Waals surface area (Å²) in [5.41, 5.74) is 2.90. The quantitative estimate of drug-likeness (QED) is 0.659. The molecule has 1 aliphatic rings. The van der Waals surface area contributed by atoms with Crippen molar-refractivity contribution in [3.05, 3.63) is 59.2 Å². The molecular weight excluding hydrogens is 424 g/mol. The first kappa shape index (κ1) is 22.2. The van der Waals surface area contributed by atoms with Gasteiger partial charge in [0.05, 0.1) is 9.48 Å². The number of thioether (sulfide) groups is 2. The summed E-state index contributed by atoms with van der Waals surface area (Å²) >= 11 is 3.85. The van der Waals surface area contributed by atoms with Crippen molar-refractivity contribution in [2.45, 2.75) is 30.2 Å². The van der Waals surface area contributed by atoms with Gasteiger partial charge in [-0.15, -0.1) is 23.5 Å². The van der Waals surface area contributed by atoms with Gasteiger partial charge in [-0.1, -0.05) is 32.0 Å². The molecule has 0 saturated carbocycles. The fourth-order valence-corrected chi connectivity index (χ4v) is 7.77. The molecule has 3 rings (SSSR count). The molecule has 0 unspecified atom stereocenters. The van der Waals surface area contributed by atoms with Crippen LogP contribution in [-0.2, 0) is 10.0 Å². The summed E-state index contributed by atoms with van der Waals surface area (Å²) in [6.45, 7) is 6.19. The predicted molar refractivity (Wildman–Crippen MR) is 123 cm³/mol. The number of amides is 1. The van der Waals surface area contributed by atoms with Crippen LogP contribution in [0.5, 0.6) is 0 Å². The molecule has 0 aliphatic carbocycles. The van der Waals surface area contributed by atoms with Crippen molar-refractivity contribution in [1.29, 1.82) is 0 Å². The molecule has 1 amide bonds. The Balaban J connectivity index is 1.79. The molecule has 0 radical (unpaired) electrons. The predicted octanol–water partition coefficient (Wildman–Crippen LogP) is 4.76. The number of benzene rings is 2. The number of sulfonamides is 1. The van der Waals surface area contributed by atoms with Crippen LogP contribution >= 0.6 is 23.5 Å². The Morgan fingerprint density at radius 2 is 1.69 bits per heavy atom. The maximum absolute atomic E-state index is 12.9. The number of nitrogens with zero attached hydrogens (tertiary/aromatic N) is 1. The van der Waals surface area contributed by atoms with Gasteiger partial charge in [0.1, 0.15) is 0 Å². The Labute approximate surface area is 181 Å². The highest BCUT2D eigenvalue weighted by Gasteiger charge is 2.24. The topological polar surface area (TPSA) is 66.5 Å². The average molecular weight is 451 g/mol. The van der Waals surface area contributed by atoms with E-state index in [2.05, 4.69) is 5.32 Å². The number of carbonyl (C=O) groups excluding carboxylic acids is 1. The van der Waals surface area contributed by atoms with Gasteiger partial charge in [-0.25, -0.2) is 8.42 Å². The zero-order valence-corrected chi connectivity index (χ0v) is 19.3. The van der Waals surface area contributed by atoms with E-state index in [0.717, 1.165) is 11.5 Å². The molecule has 0 atom stereocenters. The Hall–Kier alpha value is -1.48. The number of rotatable bonds is 7. The van der Waals surface area contributed by atoms with Crippen molar-refractivity contribution in [3.8, 4) is 0 Å². The lowest BCUT2D eigenvalue weighted by atomic mass is 10.1. The molecule has 1 aliphatic heterocycles. The molecule has 29 heavy (non-hydrogen) atoms. The Morgan fingerprint density at radius 3 is 2.28 bits per heavy atom. The second kappa shape index (κ2) is 9.55. The summed E-state index contributed by atoms with van der Waals surface area (Å²) in [4.78, 5) is 12.9. The molecular formula is C21H26N2O3S3. The summed E-state index contributed by atoms with van der Waals surface area (Å²) in [7, 11) is -3.59. The lowest BCUT2D eigenvalue weighted by Gasteiger charge is -2.20. The third-order valence-corrected chi connectivity index (χ3v) is 10.1. The van der Waals surface area contributed by atoms with Gasteiger partial charge in [-0.2, -0.15) is 4.31 Å². The van der Waals surface area contributed by atoms with E-state index in [1.807, 2.05) is 61.6 Å².